The standard InChI is InChI=1S/C29H28N6O3S2/c30-19-12-13-27(34-14-6-7-20(31)16-34)24(15-19)32-28(36)25-18-39-29(33-25)23-17-35(26-11-5-4-10-22(23)26)40(37,38)21-8-2-1-3-9-21/h1-5,8-13,15,17-18,20H,6-7,14,16,30-31H2,(H,32,36)/t20-/m1/s1. The van der Waals surface area contributed by atoms with Gasteiger partial charge in [0, 0.05) is 47.3 Å². The Balaban J connectivity index is 1.33. The predicted octanol–water partition coefficient (Wildman–Crippen LogP) is 4.76. The quantitative estimate of drug-likeness (QED) is 0.250. The smallest absolute Gasteiger partial charge is 0.275 e. The maximum atomic E-state index is 13.5. The van der Waals surface area contributed by atoms with Crippen molar-refractivity contribution in [2.75, 3.05) is 29.0 Å². The number of carbonyl (C=O) groups excluding carboxylic acids is 1. The van der Waals surface area contributed by atoms with E-state index in [1.165, 1.54) is 15.3 Å². The fourth-order valence-corrected chi connectivity index (χ4v) is 7.29. The Labute approximate surface area is 236 Å². The minimum atomic E-state index is -3.84. The lowest BCUT2D eigenvalue weighted by molar-refractivity contribution is 0.102. The van der Waals surface area contributed by atoms with Crippen LogP contribution in [0, 0.1) is 0 Å². The normalized spacial score (nSPS) is 15.8. The van der Waals surface area contributed by atoms with Gasteiger partial charge in [-0.05, 0) is 49.2 Å². The van der Waals surface area contributed by atoms with Crippen LogP contribution in [0.25, 0.3) is 21.5 Å². The van der Waals surface area contributed by atoms with Crippen LogP contribution in [0.1, 0.15) is 23.3 Å². The van der Waals surface area contributed by atoms with Crippen LogP contribution in [-0.2, 0) is 10.0 Å². The number of amides is 1. The number of piperidine rings is 1. The number of para-hydroxylation sites is 1. The number of nitrogens with two attached hydrogens (primary N) is 2. The van der Waals surface area contributed by atoms with E-state index in [-0.39, 0.29) is 22.5 Å². The van der Waals surface area contributed by atoms with Crippen LogP contribution >= 0.6 is 11.3 Å². The van der Waals surface area contributed by atoms with E-state index in [1.54, 1.807) is 60.1 Å². The summed E-state index contributed by atoms with van der Waals surface area (Å²) in [6, 6.07) is 21.1. The van der Waals surface area contributed by atoms with Crippen molar-refractivity contribution in [2.24, 2.45) is 5.73 Å². The Bertz CT molecular complexity index is 1810. The summed E-state index contributed by atoms with van der Waals surface area (Å²) in [5, 5.41) is 5.91. The van der Waals surface area contributed by atoms with Crippen LogP contribution < -0.4 is 21.7 Å². The van der Waals surface area contributed by atoms with Crippen LogP contribution in [-0.4, -0.2) is 42.4 Å². The number of carbonyl (C=O) groups is 1. The molecule has 1 aliphatic heterocycles. The maximum Gasteiger partial charge on any atom is 0.275 e. The molecule has 204 valence electrons. The number of aromatic nitrogens is 2. The Morgan fingerprint density at radius 3 is 2.62 bits per heavy atom. The minimum absolute atomic E-state index is 0.0730. The molecule has 1 amide bonds. The Hall–Kier alpha value is -4.19. The highest BCUT2D eigenvalue weighted by Crippen LogP contribution is 2.35. The van der Waals surface area contributed by atoms with Gasteiger partial charge in [0.25, 0.3) is 15.9 Å². The van der Waals surface area contributed by atoms with Gasteiger partial charge in [-0.15, -0.1) is 11.3 Å². The van der Waals surface area contributed by atoms with Gasteiger partial charge < -0.3 is 21.7 Å². The first-order valence-corrected chi connectivity index (χ1v) is 15.2. The summed E-state index contributed by atoms with van der Waals surface area (Å²) in [4.78, 5) is 20.3. The highest BCUT2D eigenvalue weighted by Gasteiger charge is 2.24. The van der Waals surface area contributed by atoms with Gasteiger partial charge in [0.05, 0.1) is 21.8 Å². The van der Waals surface area contributed by atoms with Crippen molar-refractivity contribution in [3.05, 3.63) is 90.1 Å². The largest absolute Gasteiger partial charge is 0.399 e. The molecule has 6 rings (SSSR count). The molecule has 0 unspecified atom stereocenters. The number of hydrogen-bond donors (Lipinski definition) is 3. The van der Waals surface area contributed by atoms with E-state index in [0.29, 0.717) is 34.0 Å². The average molecular weight is 573 g/mol. The first-order valence-electron chi connectivity index (χ1n) is 12.9. The van der Waals surface area contributed by atoms with E-state index in [0.717, 1.165) is 30.5 Å². The van der Waals surface area contributed by atoms with Crippen LogP contribution in [0.4, 0.5) is 17.1 Å². The maximum absolute atomic E-state index is 13.5. The molecule has 2 aromatic heterocycles. The summed E-state index contributed by atoms with van der Waals surface area (Å²) in [5.41, 5.74) is 15.6. The molecule has 0 saturated carbocycles. The molecule has 3 heterocycles. The van der Waals surface area contributed by atoms with Crippen molar-refractivity contribution < 1.29 is 13.2 Å². The monoisotopic (exact) mass is 572 g/mol. The summed E-state index contributed by atoms with van der Waals surface area (Å²) in [5.74, 6) is -0.378. The van der Waals surface area contributed by atoms with E-state index in [9.17, 15) is 13.2 Å². The highest BCUT2D eigenvalue weighted by molar-refractivity contribution is 7.90. The summed E-state index contributed by atoms with van der Waals surface area (Å²) >= 11 is 1.28. The third-order valence-electron chi connectivity index (χ3n) is 7.01. The first kappa shape index (κ1) is 26.1. The van der Waals surface area contributed by atoms with Crippen molar-refractivity contribution >= 4 is 55.2 Å². The molecule has 3 aromatic carbocycles. The van der Waals surface area contributed by atoms with Gasteiger partial charge in [0.1, 0.15) is 10.7 Å². The number of nitrogens with one attached hydrogen (secondary N) is 1. The van der Waals surface area contributed by atoms with E-state index in [1.807, 2.05) is 24.3 Å². The number of anilines is 3. The molecule has 0 bridgehead atoms. The number of rotatable bonds is 6. The molecule has 0 aliphatic carbocycles. The van der Waals surface area contributed by atoms with Crippen molar-refractivity contribution in [1.82, 2.24) is 8.96 Å². The highest BCUT2D eigenvalue weighted by atomic mass is 32.2. The Morgan fingerprint density at radius 1 is 1.05 bits per heavy atom. The molecule has 11 heteroatoms. The van der Waals surface area contributed by atoms with E-state index >= 15 is 0 Å². The number of benzene rings is 3. The summed E-state index contributed by atoms with van der Waals surface area (Å²) in [7, 11) is -3.84. The third kappa shape index (κ3) is 4.83. The Morgan fingerprint density at radius 2 is 1.82 bits per heavy atom. The lowest BCUT2D eigenvalue weighted by atomic mass is 10.1. The fraction of sp³-hybridized carbons (Fsp3) is 0.172. The fourth-order valence-electron chi connectivity index (χ4n) is 5.07. The van der Waals surface area contributed by atoms with E-state index < -0.39 is 10.0 Å². The predicted molar refractivity (Wildman–Crippen MR) is 160 cm³/mol. The summed E-state index contributed by atoms with van der Waals surface area (Å²) in [6.45, 7) is 1.54. The molecule has 5 aromatic rings. The van der Waals surface area contributed by atoms with Crippen molar-refractivity contribution in [2.45, 2.75) is 23.8 Å². The van der Waals surface area contributed by atoms with Gasteiger partial charge in [-0.25, -0.2) is 17.4 Å². The van der Waals surface area contributed by atoms with Gasteiger partial charge in [-0.2, -0.15) is 0 Å². The summed E-state index contributed by atoms with van der Waals surface area (Å²) < 4.78 is 28.2. The molecule has 1 fully saturated rings. The number of nitrogens with zero attached hydrogens (tertiary/aromatic N) is 3. The van der Waals surface area contributed by atoms with Crippen LogP contribution in [0.2, 0.25) is 0 Å². The lowest BCUT2D eigenvalue weighted by Gasteiger charge is -2.34. The van der Waals surface area contributed by atoms with Gasteiger partial charge in [-0.3, -0.25) is 4.79 Å². The average Bonchev–Trinajstić information content (AvgIpc) is 3.59. The zero-order valence-electron chi connectivity index (χ0n) is 21.5. The molecule has 5 N–H and O–H groups in total. The topological polar surface area (TPSA) is 136 Å². The van der Waals surface area contributed by atoms with Crippen molar-refractivity contribution in [3.8, 4) is 10.6 Å². The second-order valence-electron chi connectivity index (χ2n) is 9.79. The van der Waals surface area contributed by atoms with Gasteiger partial charge in [0.15, 0.2) is 0 Å². The minimum Gasteiger partial charge on any atom is -0.399 e. The van der Waals surface area contributed by atoms with E-state index in [4.69, 9.17) is 11.5 Å². The molecule has 40 heavy (non-hydrogen) atoms. The SMILES string of the molecule is Nc1ccc(N2CCC[C@@H](N)C2)c(NC(=O)c2csc(-c3cn(S(=O)(=O)c4ccccc4)c4ccccc34)n2)c1. The molecule has 1 saturated heterocycles. The van der Waals surface area contributed by atoms with Crippen LogP contribution in [0.5, 0.6) is 0 Å². The molecule has 0 spiro atoms. The molecule has 0 radical (unpaired) electrons. The Kier molecular flexibility index (Phi) is 6.78. The summed E-state index contributed by atoms with van der Waals surface area (Å²) in [6.07, 6.45) is 3.52. The third-order valence-corrected chi connectivity index (χ3v) is 9.58. The van der Waals surface area contributed by atoms with Gasteiger partial charge in [-0.1, -0.05) is 36.4 Å². The number of hydrogen-bond acceptors (Lipinski definition) is 8. The number of nitrogen functional groups attached to an aromatic ring is 1. The van der Waals surface area contributed by atoms with Gasteiger partial charge in [0.2, 0.25) is 0 Å². The van der Waals surface area contributed by atoms with Gasteiger partial charge >= 0.3 is 0 Å². The second-order valence-corrected chi connectivity index (χ2v) is 12.5. The molecular formula is C29H28N6O3S2. The molecule has 9 nitrogen and oxygen atoms in total. The van der Waals surface area contributed by atoms with E-state index in [2.05, 4.69) is 15.2 Å². The zero-order valence-corrected chi connectivity index (χ0v) is 23.2. The zero-order chi connectivity index (χ0) is 27.9. The molecule has 1 atom stereocenters. The van der Waals surface area contributed by atoms with Crippen LogP contribution in [0.3, 0.4) is 0 Å². The number of fused-ring (bicyclic) bond motifs is 1. The molecule has 1 aliphatic rings. The molecular weight excluding hydrogens is 544 g/mol. The van der Waals surface area contributed by atoms with Crippen molar-refractivity contribution in [3.63, 3.8) is 0 Å². The first-order chi connectivity index (χ1) is 19.3. The second kappa shape index (κ2) is 10.4. The van der Waals surface area contributed by atoms with Crippen molar-refractivity contribution in [1.29, 1.82) is 0 Å². The van der Waals surface area contributed by atoms with Crippen LogP contribution in [0.15, 0.2) is 89.3 Å². The number of thiazole rings is 1. The lowest BCUT2D eigenvalue weighted by Crippen LogP contribution is -2.43.